The molecule has 1 N–H and O–H groups in total. The van der Waals surface area contributed by atoms with Gasteiger partial charge in [-0.15, -0.1) is 0 Å². The van der Waals surface area contributed by atoms with Gasteiger partial charge >= 0.3 is 0 Å². The smallest absolute Gasteiger partial charge is 0.245 e. The summed E-state index contributed by atoms with van der Waals surface area (Å²) in [4.78, 5) is 26.4. The Morgan fingerprint density at radius 2 is 1.76 bits per heavy atom. The van der Waals surface area contributed by atoms with Crippen LogP contribution in [0.2, 0.25) is 0 Å². The molecule has 8 heteroatoms. The number of hydrazone groups is 1. The van der Waals surface area contributed by atoms with E-state index in [-0.39, 0.29) is 18.2 Å². The van der Waals surface area contributed by atoms with Crippen molar-refractivity contribution in [2.24, 2.45) is 11.0 Å². The molecule has 2 aromatic carbocycles. The lowest BCUT2D eigenvalue weighted by atomic mass is 10.1. The predicted octanol–water partition coefficient (Wildman–Crippen LogP) is 2.22. The summed E-state index contributed by atoms with van der Waals surface area (Å²) in [5, 5.41) is 4.01. The minimum Gasteiger partial charge on any atom is -0.497 e. The largest absolute Gasteiger partial charge is 0.497 e. The quantitative estimate of drug-likeness (QED) is 0.572. The number of carbonyl (C=O) groups excluding carboxylic acids is 2. The number of hydrogen-bond donors (Lipinski definition) is 1. The zero-order chi connectivity index (χ0) is 20.8. The van der Waals surface area contributed by atoms with Crippen molar-refractivity contribution in [2.45, 2.75) is 6.42 Å². The van der Waals surface area contributed by atoms with Gasteiger partial charge in [-0.3, -0.25) is 9.59 Å². The summed E-state index contributed by atoms with van der Waals surface area (Å²) < 4.78 is 15.6. The normalized spacial score (nSPS) is 16.2. The second kappa shape index (κ2) is 9.09. The molecule has 1 heterocycles. The van der Waals surface area contributed by atoms with Gasteiger partial charge in [0.2, 0.25) is 11.8 Å². The van der Waals surface area contributed by atoms with E-state index < -0.39 is 5.92 Å². The molecule has 0 aromatic heterocycles. The maximum absolute atomic E-state index is 12.5. The molecule has 1 unspecified atom stereocenters. The Labute approximate surface area is 169 Å². The molecule has 8 nitrogen and oxygen atoms in total. The van der Waals surface area contributed by atoms with Gasteiger partial charge in [-0.1, -0.05) is 0 Å². The molecule has 152 valence electrons. The minimum absolute atomic E-state index is 0.103. The van der Waals surface area contributed by atoms with Crippen molar-refractivity contribution >= 4 is 23.7 Å². The van der Waals surface area contributed by atoms with Crippen molar-refractivity contribution in [2.75, 3.05) is 32.8 Å². The first-order valence-electron chi connectivity index (χ1n) is 9.05. The van der Waals surface area contributed by atoms with Gasteiger partial charge < -0.3 is 19.1 Å². The van der Waals surface area contributed by atoms with Crippen LogP contribution in [-0.2, 0) is 9.59 Å². The van der Waals surface area contributed by atoms with Gasteiger partial charge in [0.1, 0.15) is 17.2 Å². The molecule has 0 spiro atoms. The van der Waals surface area contributed by atoms with Crippen LogP contribution >= 0.6 is 0 Å². The highest BCUT2D eigenvalue weighted by Crippen LogP contribution is 2.27. The van der Waals surface area contributed by atoms with E-state index in [1.165, 1.54) is 6.21 Å². The average Bonchev–Trinajstić information content (AvgIpc) is 3.15. The third-order valence-corrected chi connectivity index (χ3v) is 4.70. The lowest BCUT2D eigenvalue weighted by Gasteiger charge is -2.16. The van der Waals surface area contributed by atoms with Crippen LogP contribution in [0.5, 0.6) is 17.2 Å². The first kappa shape index (κ1) is 20.2. The molecular weight excluding hydrogens is 374 g/mol. The fourth-order valence-electron chi connectivity index (χ4n) is 3.09. The van der Waals surface area contributed by atoms with Crippen LogP contribution < -0.4 is 24.5 Å². The van der Waals surface area contributed by atoms with Gasteiger partial charge in [-0.2, -0.15) is 5.10 Å². The average molecular weight is 397 g/mol. The van der Waals surface area contributed by atoms with Gasteiger partial charge in [0.15, 0.2) is 0 Å². The number of methoxy groups -OCH3 is 3. The second-order valence-corrected chi connectivity index (χ2v) is 6.45. The highest BCUT2D eigenvalue weighted by atomic mass is 16.5. The summed E-state index contributed by atoms with van der Waals surface area (Å²) in [7, 11) is 4.70. The van der Waals surface area contributed by atoms with Crippen molar-refractivity contribution in [1.82, 2.24) is 5.43 Å². The lowest BCUT2D eigenvalue weighted by molar-refractivity contribution is -0.126. The number of benzene rings is 2. The third kappa shape index (κ3) is 4.66. The number of amides is 2. The van der Waals surface area contributed by atoms with Gasteiger partial charge in [-0.05, 0) is 42.5 Å². The van der Waals surface area contributed by atoms with Crippen LogP contribution in [0.1, 0.15) is 12.0 Å². The van der Waals surface area contributed by atoms with E-state index in [4.69, 9.17) is 14.2 Å². The van der Waals surface area contributed by atoms with E-state index in [0.29, 0.717) is 29.4 Å². The fraction of sp³-hybridized carbons (Fsp3) is 0.286. The fourth-order valence-corrected chi connectivity index (χ4v) is 3.09. The number of ether oxygens (including phenoxy) is 3. The Bertz CT molecular complexity index is 911. The van der Waals surface area contributed by atoms with E-state index in [2.05, 4.69) is 10.5 Å². The second-order valence-electron chi connectivity index (χ2n) is 6.45. The lowest BCUT2D eigenvalue weighted by Crippen LogP contribution is -2.30. The zero-order valence-corrected chi connectivity index (χ0v) is 16.5. The van der Waals surface area contributed by atoms with Crippen LogP contribution in [0.4, 0.5) is 5.69 Å². The molecule has 1 atom stereocenters. The van der Waals surface area contributed by atoms with Gasteiger partial charge in [-0.25, -0.2) is 5.43 Å². The van der Waals surface area contributed by atoms with E-state index in [0.717, 1.165) is 5.69 Å². The Hall–Kier alpha value is -3.55. The third-order valence-electron chi connectivity index (χ3n) is 4.70. The highest BCUT2D eigenvalue weighted by molar-refractivity contribution is 6.00. The van der Waals surface area contributed by atoms with Crippen molar-refractivity contribution in [3.63, 3.8) is 0 Å². The molecule has 0 bridgehead atoms. The van der Waals surface area contributed by atoms with Gasteiger partial charge in [0.25, 0.3) is 0 Å². The van der Waals surface area contributed by atoms with Crippen LogP contribution in [0.15, 0.2) is 47.6 Å². The van der Waals surface area contributed by atoms with E-state index in [9.17, 15) is 9.59 Å². The van der Waals surface area contributed by atoms with Crippen molar-refractivity contribution in [1.29, 1.82) is 0 Å². The Balaban J connectivity index is 1.63. The molecule has 2 amide bonds. The predicted molar refractivity (Wildman–Crippen MR) is 109 cm³/mol. The van der Waals surface area contributed by atoms with E-state index in [1.807, 2.05) is 0 Å². The van der Waals surface area contributed by atoms with E-state index >= 15 is 0 Å². The maximum Gasteiger partial charge on any atom is 0.245 e. The molecule has 2 aromatic rings. The number of carbonyl (C=O) groups is 2. The SMILES string of the molecule is COc1ccc(N2CC(C(=O)NN=Cc3cc(OC)ccc3OC)CC2=O)cc1. The summed E-state index contributed by atoms with van der Waals surface area (Å²) in [6, 6.07) is 12.4. The van der Waals surface area contributed by atoms with Gasteiger partial charge in [0, 0.05) is 24.2 Å². The van der Waals surface area contributed by atoms with Crippen LogP contribution in [0.3, 0.4) is 0 Å². The van der Waals surface area contributed by atoms with Crippen LogP contribution in [0, 0.1) is 5.92 Å². The number of hydrogen-bond acceptors (Lipinski definition) is 6. The molecule has 0 radical (unpaired) electrons. The summed E-state index contributed by atoms with van der Waals surface area (Å²) in [5.41, 5.74) is 3.90. The number of nitrogens with zero attached hydrogens (tertiary/aromatic N) is 2. The summed E-state index contributed by atoms with van der Waals surface area (Å²) >= 11 is 0. The Morgan fingerprint density at radius 1 is 1.07 bits per heavy atom. The monoisotopic (exact) mass is 397 g/mol. The molecule has 29 heavy (non-hydrogen) atoms. The van der Waals surface area contributed by atoms with Crippen molar-refractivity contribution in [3.05, 3.63) is 48.0 Å². The summed E-state index contributed by atoms with van der Waals surface area (Å²) in [6.45, 7) is 0.301. The minimum atomic E-state index is -0.478. The van der Waals surface area contributed by atoms with Crippen LogP contribution in [-0.4, -0.2) is 45.9 Å². The van der Waals surface area contributed by atoms with Crippen molar-refractivity contribution in [3.8, 4) is 17.2 Å². The molecule has 1 fully saturated rings. The summed E-state index contributed by atoms with van der Waals surface area (Å²) in [5.74, 6) is 1.06. The zero-order valence-electron chi connectivity index (χ0n) is 16.5. The molecule has 3 rings (SSSR count). The Kier molecular flexibility index (Phi) is 6.33. The molecule has 1 saturated heterocycles. The molecule has 1 aliphatic rings. The molecule has 0 aliphatic carbocycles. The number of nitrogens with one attached hydrogen (secondary N) is 1. The number of rotatable bonds is 7. The highest BCUT2D eigenvalue weighted by Gasteiger charge is 2.35. The van der Waals surface area contributed by atoms with Gasteiger partial charge in [0.05, 0.1) is 33.5 Å². The molecular formula is C21H23N3O5. The molecule has 1 aliphatic heterocycles. The topological polar surface area (TPSA) is 89.5 Å². The summed E-state index contributed by atoms with van der Waals surface area (Å²) in [6.07, 6.45) is 1.62. The first-order valence-corrected chi connectivity index (χ1v) is 9.05. The van der Waals surface area contributed by atoms with Crippen LogP contribution in [0.25, 0.3) is 0 Å². The van der Waals surface area contributed by atoms with Crippen molar-refractivity contribution < 1.29 is 23.8 Å². The number of anilines is 1. The first-order chi connectivity index (χ1) is 14.0. The molecule has 0 saturated carbocycles. The Morgan fingerprint density at radius 3 is 2.41 bits per heavy atom. The van der Waals surface area contributed by atoms with E-state index in [1.54, 1.807) is 68.7 Å². The standard InChI is InChI=1S/C21H23N3O5/c1-27-17-6-4-16(5-7-17)24-13-15(11-20(24)25)21(26)23-22-12-14-10-18(28-2)8-9-19(14)29-3/h4-10,12,15H,11,13H2,1-3H3,(H,23,26). The maximum atomic E-state index is 12.5.